The van der Waals surface area contributed by atoms with Crippen molar-refractivity contribution < 1.29 is 10.0 Å². The van der Waals surface area contributed by atoms with Crippen molar-refractivity contribution in [3.63, 3.8) is 0 Å². The quantitative estimate of drug-likeness (QED) is 0.807. The van der Waals surface area contributed by atoms with Crippen LogP contribution in [0.4, 0.5) is 0 Å². The molecule has 0 bridgehead atoms. The molecule has 0 atom stereocenters. The predicted octanol–water partition coefficient (Wildman–Crippen LogP) is 2.33. The molecule has 0 unspecified atom stereocenters. The van der Waals surface area contributed by atoms with Crippen LogP contribution in [0.1, 0.15) is 26.3 Å². The van der Waals surface area contributed by atoms with Gasteiger partial charge in [-0.1, -0.05) is 69.3 Å². The molecule has 0 aromatic heterocycles. The van der Waals surface area contributed by atoms with Crippen molar-refractivity contribution in [1.29, 1.82) is 0 Å². The third-order valence-electron chi connectivity index (χ3n) is 3.30. The van der Waals surface area contributed by atoms with E-state index in [1.807, 2.05) is 30.3 Å². The highest BCUT2D eigenvalue weighted by Gasteiger charge is 2.17. The lowest BCUT2D eigenvalue weighted by Crippen LogP contribution is -2.31. The molecule has 2 N–H and O–H groups in total. The van der Waals surface area contributed by atoms with E-state index in [1.165, 1.54) is 5.56 Å². The molecule has 0 saturated carbocycles. The van der Waals surface area contributed by atoms with Crippen LogP contribution in [0.25, 0.3) is 11.1 Å². The minimum atomic E-state index is -1.45. The summed E-state index contributed by atoms with van der Waals surface area (Å²) < 4.78 is 0. The summed E-state index contributed by atoms with van der Waals surface area (Å²) in [6.45, 7) is 6.52. The maximum absolute atomic E-state index is 9.41. The van der Waals surface area contributed by atoms with E-state index in [2.05, 4.69) is 32.9 Å². The Bertz CT molecular complexity index is 554. The topological polar surface area (TPSA) is 40.5 Å². The molecule has 98 valence electrons. The van der Waals surface area contributed by atoms with Gasteiger partial charge >= 0.3 is 7.12 Å². The Morgan fingerprint density at radius 2 is 1.42 bits per heavy atom. The highest BCUT2D eigenvalue weighted by atomic mass is 16.4. The van der Waals surface area contributed by atoms with E-state index in [1.54, 1.807) is 6.07 Å². The van der Waals surface area contributed by atoms with Gasteiger partial charge in [0.1, 0.15) is 0 Å². The molecule has 2 aromatic rings. The lowest BCUT2D eigenvalue weighted by Gasteiger charge is -2.19. The van der Waals surface area contributed by atoms with Crippen LogP contribution < -0.4 is 5.46 Å². The van der Waals surface area contributed by atoms with E-state index in [9.17, 15) is 10.0 Å². The van der Waals surface area contributed by atoms with Gasteiger partial charge in [-0.2, -0.15) is 0 Å². The molecule has 0 heterocycles. The number of benzene rings is 2. The first-order valence-corrected chi connectivity index (χ1v) is 6.45. The fourth-order valence-electron chi connectivity index (χ4n) is 2.13. The second kappa shape index (κ2) is 5.20. The molecular weight excluding hydrogens is 235 g/mol. The molecular formula is C16H19BO2. The Morgan fingerprint density at radius 3 is 1.95 bits per heavy atom. The molecule has 0 aliphatic carbocycles. The van der Waals surface area contributed by atoms with Crippen LogP contribution in [0.3, 0.4) is 0 Å². The Kier molecular flexibility index (Phi) is 3.79. The van der Waals surface area contributed by atoms with Crippen molar-refractivity contribution in [1.82, 2.24) is 0 Å². The maximum Gasteiger partial charge on any atom is 0.489 e. The Morgan fingerprint density at radius 1 is 0.842 bits per heavy atom. The molecule has 3 heteroatoms. The summed E-state index contributed by atoms with van der Waals surface area (Å²) in [5, 5.41) is 18.8. The number of hydrogen-bond donors (Lipinski definition) is 2. The molecule has 0 amide bonds. The SMILES string of the molecule is CC(C)(C)c1ccc(-c2ccccc2B(O)O)cc1. The largest absolute Gasteiger partial charge is 0.489 e. The van der Waals surface area contributed by atoms with Crippen LogP contribution in [0.5, 0.6) is 0 Å². The first kappa shape index (κ1) is 13.8. The first-order valence-electron chi connectivity index (χ1n) is 6.45. The highest BCUT2D eigenvalue weighted by molar-refractivity contribution is 6.60. The van der Waals surface area contributed by atoms with E-state index in [4.69, 9.17) is 0 Å². The standard InChI is InChI=1S/C16H19BO2/c1-16(2,3)13-10-8-12(9-11-13)14-6-4-5-7-15(14)17(18)19/h4-11,18-19H,1-3H3. The van der Waals surface area contributed by atoms with Gasteiger partial charge in [-0.3, -0.25) is 0 Å². The maximum atomic E-state index is 9.41. The van der Waals surface area contributed by atoms with Crippen molar-refractivity contribution in [3.05, 3.63) is 54.1 Å². The summed E-state index contributed by atoms with van der Waals surface area (Å²) in [5.74, 6) is 0. The third kappa shape index (κ3) is 3.06. The Labute approximate surface area is 114 Å². The lowest BCUT2D eigenvalue weighted by atomic mass is 9.75. The van der Waals surface area contributed by atoms with Gasteiger partial charge in [0.25, 0.3) is 0 Å². The molecule has 0 fully saturated rings. The Hall–Kier alpha value is -1.58. The second-order valence-corrected chi connectivity index (χ2v) is 5.79. The molecule has 0 saturated heterocycles. The van der Waals surface area contributed by atoms with E-state index < -0.39 is 7.12 Å². The molecule has 2 rings (SSSR count). The lowest BCUT2D eigenvalue weighted by molar-refractivity contribution is 0.426. The summed E-state index contributed by atoms with van der Waals surface area (Å²) in [6, 6.07) is 15.6. The molecule has 0 spiro atoms. The van der Waals surface area contributed by atoms with Crippen molar-refractivity contribution in [2.24, 2.45) is 0 Å². The second-order valence-electron chi connectivity index (χ2n) is 5.79. The van der Waals surface area contributed by atoms with Crippen molar-refractivity contribution in [2.45, 2.75) is 26.2 Å². The normalized spacial score (nSPS) is 11.4. The zero-order chi connectivity index (χ0) is 14.0. The number of rotatable bonds is 2. The van der Waals surface area contributed by atoms with Gasteiger partial charge in [0.05, 0.1) is 0 Å². The van der Waals surface area contributed by atoms with E-state index in [-0.39, 0.29) is 5.41 Å². The smallest absolute Gasteiger partial charge is 0.423 e. The fourth-order valence-corrected chi connectivity index (χ4v) is 2.13. The van der Waals surface area contributed by atoms with Crippen LogP contribution in [0, 0.1) is 0 Å². The average Bonchev–Trinajstić information content (AvgIpc) is 2.38. The van der Waals surface area contributed by atoms with Gasteiger partial charge in [0.2, 0.25) is 0 Å². The Balaban J connectivity index is 2.43. The van der Waals surface area contributed by atoms with Gasteiger partial charge in [-0.05, 0) is 27.6 Å². The molecule has 0 radical (unpaired) electrons. The monoisotopic (exact) mass is 254 g/mol. The summed E-state index contributed by atoms with van der Waals surface area (Å²) in [4.78, 5) is 0. The molecule has 0 aliphatic rings. The third-order valence-corrected chi connectivity index (χ3v) is 3.30. The molecule has 2 nitrogen and oxygen atoms in total. The van der Waals surface area contributed by atoms with Gasteiger partial charge in [0.15, 0.2) is 0 Å². The van der Waals surface area contributed by atoms with Crippen LogP contribution >= 0.6 is 0 Å². The minimum absolute atomic E-state index is 0.120. The molecule has 19 heavy (non-hydrogen) atoms. The van der Waals surface area contributed by atoms with Crippen molar-refractivity contribution in [3.8, 4) is 11.1 Å². The van der Waals surface area contributed by atoms with Gasteiger partial charge in [-0.25, -0.2) is 0 Å². The number of hydrogen-bond acceptors (Lipinski definition) is 2. The summed E-state index contributed by atoms with van der Waals surface area (Å²) in [5.41, 5.74) is 3.77. The van der Waals surface area contributed by atoms with E-state index in [0.29, 0.717) is 5.46 Å². The summed E-state index contributed by atoms with van der Waals surface area (Å²) in [6.07, 6.45) is 0. The molecule has 2 aromatic carbocycles. The minimum Gasteiger partial charge on any atom is -0.423 e. The predicted molar refractivity (Wildman–Crippen MR) is 80.4 cm³/mol. The summed E-state index contributed by atoms with van der Waals surface area (Å²) in [7, 11) is -1.45. The van der Waals surface area contributed by atoms with E-state index >= 15 is 0 Å². The average molecular weight is 254 g/mol. The van der Waals surface area contributed by atoms with Crippen molar-refractivity contribution in [2.75, 3.05) is 0 Å². The van der Waals surface area contributed by atoms with Crippen molar-refractivity contribution >= 4 is 12.6 Å². The van der Waals surface area contributed by atoms with E-state index in [0.717, 1.165) is 11.1 Å². The van der Waals surface area contributed by atoms with Gasteiger partial charge in [-0.15, -0.1) is 0 Å². The van der Waals surface area contributed by atoms with Gasteiger partial charge in [0, 0.05) is 0 Å². The van der Waals surface area contributed by atoms with Crippen LogP contribution in [-0.2, 0) is 5.41 Å². The zero-order valence-corrected chi connectivity index (χ0v) is 11.6. The van der Waals surface area contributed by atoms with Crippen LogP contribution in [0.15, 0.2) is 48.5 Å². The fraction of sp³-hybridized carbons (Fsp3) is 0.250. The van der Waals surface area contributed by atoms with Crippen LogP contribution in [0.2, 0.25) is 0 Å². The molecule has 0 aliphatic heterocycles. The summed E-state index contributed by atoms with van der Waals surface area (Å²) >= 11 is 0. The first-order chi connectivity index (χ1) is 8.89. The highest BCUT2D eigenvalue weighted by Crippen LogP contribution is 2.25. The van der Waals surface area contributed by atoms with Crippen LogP contribution in [-0.4, -0.2) is 17.2 Å². The zero-order valence-electron chi connectivity index (χ0n) is 11.6. The van der Waals surface area contributed by atoms with Gasteiger partial charge < -0.3 is 10.0 Å².